The predicted molar refractivity (Wildman–Crippen MR) is 64.9 cm³/mol. The van der Waals surface area contributed by atoms with E-state index in [0.29, 0.717) is 11.7 Å². The number of hydrogen-bond donors (Lipinski definition) is 0. The number of hydrogen-bond acceptors (Lipinski definition) is 2. The van der Waals surface area contributed by atoms with Crippen molar-refractivity contribution in [1.82, 2.24) is 4.98 Å². The molecule has 1 fully saturated rings. The first kappa shape index (κ1) is 13.5. The molecule has 0 amide bonds. The summed E-state index contributed by atoms with van der Waals surface area (Å²) in [5.74, 6) is 1.07. The summed E-state index contributed by atoms with van der Waals surface area (Å²) < 4.78 is 37.1. The summed E-state index contributed by atoms with van der Waals surface area (Å²) in [6.07, 6.45) is -1.53. The van der Waals surface area contributed by atoms with Crippen LogP contribution in [-0.2, 0) is 6.18 Å². The number of nitrogens with zero attached hydrogens (tertiary/aromatic N) is 2. The minimum atomic E-state index is -4.33. The first-order chi connectivity index (χ1) is 8.36. The average Bonchev–Trinajstić information content (AvgIpc) is 2.26. The third-order valence-corrected chi connectivity index (χ3v) is 3.53. The van der Waals surface area contributed by atoms with Gasteiger partial charge in [-0.1, -0.05) is 0 Å². The van der Waals surface area contributed by atoms with Crippen molar-refractivity contribution in [2.24, 2.45) is 5.92 Å². The van der Waals surface area contributed by atoms with Gasteiger partial charge >= 0.3 is 6.18 Å². The molecule has 18 heavy (non-hydrogen) atoms. The zero-order valence-corrected chi connectivity index (χ0v) is 10.7. The zero-order chi connectivity index (χ0) is 13.3. The largest absolute Gasteiger partial charge is 0.417 e. The Kier molecular flexibility index (Phi) is 3.71. The molecule has 6 heteroatoms. The number of halogens is 4. The number of rotatable bonds is 3. The fourth-order valence-electron chi connectivity index (χ4n) is 2.06. The van der Waals surface area contributed by atoms with Gasteiger partial charge in [0, 0.05) is 25.2 Å². The summed E-state index contributed by atoms with van der Waals surface area (Å²) in [7, 11) is 1.83. The maximum atomic E-state index is 12.4. The quantitative estimate of drug-likeness (QED) is 0.786. The zero-order valence-electron chi connectivity index (χ0n) is 9.91. The number of alkyl halides is 4. The fourth-order valence-corrected chi connectivity index (χ4v) is 2.57. The van der Waals surface area contributed by atoms with Gasteiger partial charge in [-0.2, -0.15) is 13.2 Å². The highest BCUT2D eigenvalue weighted by atomic mass is 35.5. The van der Waals surface area contributed by atoms with Crippen LogP contribution in [0.15, 0.2) is 18.3 Å². The Hall–Kier alpha value is -0.970. The van der Waals surface area contributed by atoms with Crippen LogP contribution in [0.3, 0.4) is 0 Å². The number of anilines is 1. The highest BCUT2D eigenvalue weighted by Gasteiger charge is 2.31. The van der Waals surface area contributed by atoms with Crippen LogP contribution in [-0.4, -0.2) is 24.0 Å². The molecule has 0 aromatic carbocycles. The van der Waals surface area contributed by atoms with Crippen molar-refractivity contribution in [3.8, 4) is 0 Å². The molecule has 2 rings (SSSR count). The third kappa shape index (κ3) is 3.07. The molecule has 0 unspecified atom stereocenters. The van der Waals surface area contributed by atoms with E-state index in [9.17, 15) is 13.2 Å². The van der Waals surface area contributed by atoms with E-state index in [1.54, 1.807) is 0 Å². The van der Waals surface area contributed by atoms with E-state index in [2.05, 4.69) is 4.98 Å². The van der Waals surface area contributed by atoms with E-state index < -0.39 is 11.7 Å². The standard InChI is InChI=1S/C12H14ClF3N2/c1-18(7-8-4-10(13)5-8)11-3-2-9(6-17-11)12(14,15)16/h2-3,6,8,10H,4-5,7H2,1H3. The normalized spacial score (nSPS) is 23.6. The topological polar surface area (TPSA) is 16.1 Å². The second-order valence-electron chi connectivity index (χ2n) is 4.72. The molecule has 1 saturated carbocycles. The molecule has 1 aromatic heterocycles. The van der Waals surface area contributed by atoms with Crippen molar-refractivity contribution in [2.45, 2.75) is 24.4 Å². The highest BCUT2D eigenvalue weighted by Crippen LogP contribution is 2.33. The van der Waals surface area contributed by atoms with Gasteiger partial charge < -0.3 is 4.90 Å². The smallest absolute Gasteiger partial charge is 0.359 e. The summed E-state index contributed by atoms with van der Waals surface area (Å²) in [5, 5.41) is 0.254. The van der Waals surface area contributed by atoms with Crippen LogP contribution in [0.25, 0.3) is 0 Å². The molecule has 0 radical (unpaired) electrons. The molecule has 1 heterocycles. The van der Waals surface area contributed by atoms with Gasteiger partial charge in [0.15, 0.2) is 0 Å². The van der Waals surface area contributed by atoms with Crippen molar-refractivity contribution >= 4 is 17.4 Å². The van der Waals surface area contributed by atoms with Crippen LogP contribution < -0.4 is 4.90 Å². The van der Waals surface area contributed by atoms with E-state index in [4.69, 9.17) is 11.6 Å². The lowest BCUT2D eigenvalue weighted by atomic mass is 9.84. The SMILES string of the molecule is CN(CC1CC(Cl)C1)c1ccc(C(F)(F)F)cn1. The summed E-state index contributed by atoms with van der Waals surface area (Å²) in [6, 6.07) is 2.46. The molecular weight excluding hydrogens is 265 g/mol. The molecule has 1 aliphatic rings. The Labute approximate surface area is 109 Å². The summed E-state index contributed by atoms with van der Waals surface area (Å²) >= 11 is 5.89. The lowest BCUT2D eigenvalue weighted by Gasteiger charge is -2.34. The Morgan fingerprint density at radius 3 is 2.50 bits per heavy atom. The molecule has 0 atom stereocenters. The monoisotopic (exact) mass is 278 g/mol. The second-order valence-corrected chi connectivity index (χ2v) is 5.34. The van der Waals surface area contributed by atoms with E-state index >= 15 is 0 Å². The van der Waals surface area contributed by atoms with E-state index in [-0.39, 0.29) is 5.38 Å². The van der Waals surface area contributed by atoms with Gasteiger partial charge in [-0.05, 0) is 30.9 Å². The van der Waals surface area contributed by atoms with Gasteiger partial charge in [-0.3, -0.25) is 0 Å². The third-order valence-electron chi connectivity index (χ3n) is 3.18. The van der Waals surface area contributed by atoms with Crippen molar-refractivity contribution in [3.05, 3.63) is 23.9 Å². The van der Waals surface area contributed by atoms with Gasteiger partial charge in [0.05, 0.1) is 5.56 Å². The van der Waals surface area contributed by atoms with E-state index in [1.807, 2.05) is 11.9 Å². The number of pyridine rings is 1. The fraction of sp³-hybridized carbons (Fsp3) is 0.583. The molecule has 100 valence electrons. The van der Waals surface area contributed by atoms with Crippen LogP contribution >= 0.6 is 11.6 Å². The second kappa shape index (κ2) is 4.96. The molecule has 0 saturated heterocycles. The predicted octanol–water partition coefficient (Wildman–Crippen LogP) is 3.55. The van der Waals surface area contributed by atoms with Crippen LogP contribution in [0.4, 0.5) is 19.0 Å². The van der Waals surface area contributed by atoms with Crippen molar-refractivity contribution in [3.63, 3.8) is 0 Å². The Bertz CT molecular complexity index is 399. The van der Waals surface area contributed by atoms with E-state index in [1.165, 1.54) is 6.07 Å². The first-order valence-corrected chi connectivity index (χ1v) is 6.18. The van der Waals surface area contributed by atoms with Crippen LogP contribution in [0.5, 0.6) is 0 Å². The Balaban J connectivity index is 1.96. The van der Waals surface area contributed by atoms with Crippen LogP contribution in [0, 0.1) is 5.92 Å². The number of aromatic nitrogens is 1. The van der Waals surface area contributed by atoms with Crippen LogP contribution in [0.1, 0.15) is 18.4 Å². The lowest BCUT2D eigenvalue weighted by Crippen LogP contribution is -2.35. The van der Waals surface area contributed by atoms with Crippen molar-refractivity contribution in [2.75, 3.05) is 18.5 Å². The van der Waals surface area contributed by atoms with Gasteiger partial charge in [0.25, 0.3) is 0 Å². The maximum absolute atomic E-state index is 12.4. The van der Waals surface area contributed by atoms with Gasteiger partial charge in [0.2, 0.25) is 0 Å². The molecule has 0 aliphatic heterocycles. The molecular formula is C12H14ClF3N2. The minimum absolute atomic E-state index is 0.254. The molecule has 0 N–H and O–H groups in total. The summed E-state index contributed by atoms with van der Waals surface area (Å²) in [4.78, 5) is 5.72. The first-order valence-electron chi connectivity index (χ1n) is 5.74. The summed E-state index contributed by atoms with van der Waals surface area (Å²) in [6.45, 7) is 0.779. The Morgan fingerprint density at radius 2 is 2.06 bits per heavy atom. The van der Waals surface area contributed by atoms with E-state index in [0.717, 1.165) is 31.6 Å². The summed E-state index contributed by atoms with van der Waals surface area (Å²) in [5.41, 5.74) is -0.718. The van der Waals surface area contributed by atoms with Crippen molar-refractivity contribution in [1.29, 1.82) is 0 Å². The maximum Gasteiger partial charge on any atom is 0.417 e. The highest BCUT2D eigenvalue weighted by molar-refractivity contribution is 6.21. The Morgan fingerprint density at radius 1 is 1.39 bits per heavy atom. The van der Waals surface area contributed by atoms with Gasteiger partial charge in [0.1, 0.15) is 5.82 Å². The average molecular weight is 279 g/mol. The minimum Gasteiger partial charge on any atom is -0.359 e. The van der Waals surface area contributed by atoms with Gasteiger partial charge in [-0.25, -0.2) is 4.98 Å². The lowest BCUT2D eigenvalue weighted by molar-refractivity contribution is -0.137. The molecule has 2 nitrogen and oxygen atoms in total. The van der Waals surface area contributed by atoms with Crippen LogP contribution in [0.2, 0.25) is 0 Å². The molecule has 0 bridgehead atoms. The van der Waals surface area contributed by atoms with Crippen molar-refractivity contribution < 1.29 is 13.2 Å². The van der Waals surface area contributed by atoms with Gasteiger partial charge in [-0.15, -0.1) is 11.6 Å². The molecule has 1 aromatic rings. The molecule has 1 aliphatic carbocycles. The molecule has 0 spiro atoms.